The highest BCUT2D eigenvalue weighted by Crippen LogP contribution is 2.36. The number of aromatic nitrogens is 1. The van der Waals surface area contributed by atoms with Gasteiger partial charge in [0.05, 0.1) is 5.56 Å². The molecule has 0 bridgehead atoms. The predicted octanol–water partition coefficient (Wildman–Crippen LogP) is 4.89. The zero-order valence-electron chi connectivity index (χ0n) is 16.5. The molecule has 156 valence electrons. The number of hydrogen-bond acceptors (Lipinski definition) is 3. The van der Waals surface area contributed by atoms with Gasteiger partial charge in [0.2, 0.25) is 6.41 Å². The van der Waals surface area contributed by atoms with Crippen LogP contribution < -0.4 is 4.90 Å². The monoisotopic (exact) mass is 397 g/mol. The van der Waals surface area contributed by atoms with Crippen LogP contribution in [0.3, 0.4) is 0 Å². The summed E-state index contributed by atoms with van der Waals surface area (Å²) in [5.41, 5.74) is -0.691. The molecule has 1 aliphatic heterocycles. The lowest BCUT2D eigenvalue weighted by atomic mass is 9.78. The minimum Gasteiger partial charge on any atom is -0.356 e. The van der Waals surface area contributed by atoms with E-state index in [4.69, 9.17) is 0 Å². The molecule has 2 heterocycles. The Morgan fingerprint density at radius 3 is 2.61 bits per heavy atom. The van der Waals surface area contributed by atoms with Crippen molar-refractivity contribution >= 4 is 12.2 Å². The summed E-state index contributed by atoms with van der Waals surface area (Å²) in [6.45, 7) is 4.52. The van der Waals surface area contributed by atoms with Gasteiger partial charge in [-0.1, -0.05) is 26.2 Å². The smallest absolute Gasteiger partial charge is 0.356 e. The molecule has 1 saturated heterocycles. The topological polar surface area (TPSA) is 36.4 Å². The highest BCUT2D eigenvalue weighted by molar-refractivity contribution is 5.47. The number of carbonyl (C=O) groups is 1. The second-order valence-electron chi connectivity index (χ2n) is 8.62. The summed E-state index contributed by atoms with van der Waals surface area (Å²) < 4.78 is 38.3. The van der Waals surface area contributed by atoms with Gasteiger partial charge >= 0.3 is 6.18 Å². The quantitative estimate of drug-likeness (QED) is 0.642. The Labute approximate surface area is 165 Å². The Morgan fingerprint density at radius 1 is 1.25 bits per heavy atom. The van der Waals surface area contributed by atoms with E-state index in [1.807, 2.05) is 4.90 Å². The van der Waals surface area contributed by atoms with Gasteiger partial charge in [0.1, 0.15) is 5.82 Å². The fourth-order valence-electron chi connectivity index (χ4n) is 4.59. The van der Waals surface area contributed by atoms with E-state index in [9.17, 15) is 18.0 Å². The molecule has 1 amide bonds. The normalized spacial score (nSPS) is 24.2. The maximum Gasteiger partial charge on any atom is 0.417 e. The first-order chi connectivity index (χ1) is 13.3. The number of anilines is 1. The zero-order valence-corrected chi connectivity index (χ0v) is 16.5. The number of piperidine rings is 1. The first kappa shape index (κ1) is 20.9. The number of alkyl halides is 3. The first-order valence-electron chi connectivity index (χ1n) is 10.3. The molecule has 2 fully saturated rings. The molecular formula is C21H30F3N3O. The third-order valence-corrected chi connectivity index (χ3v) is 6.33. The number of carbonyl (C=O) groups excluding carboxylic acids is 1. The van der Waals surface area contributed by atoms with Crippen molar-refractivity contribution in [1.82, 2.24) is 9.88 Å². The van der Waals surface area contributed by atoms with Gasteiger partial charge < -0.3 is 9.80 Å². The number of amides is 1. The average Bonchev–Trinajstić information content (AvgIpc) is 2.69. The molecular weight excluding hydrogens is 367 g/mol. The summed E-state index contributed by atoms with van der Waals surface area (Å²) in [5, 5.41) is 0. The first-order valence-corrected chi connectivity index (χ1v) is 10.3. The molecule has 0 aromatic carbocycles. The summed E-state index contributed by atoms with van der Waals surface area (Å²) in [4.78, 5) is 19.7. The zero-order chi connectivity index (χ0) is 20.2. The van der Waals surface area contributed by atoms with E-state index in [-0.39, 0.29) is 5.41 Å². The Hall–Kier alpha value is -1.79. The molecule has 28 heavy (non-hydrogen) atoms. The SMILES string of the molecule is CC1(CCN(C=O)C2CCCCC2)CCCN(c2ccc(C(F)(F)F)cn2)C1. The molecule has 0 radical (unpaired) electrons. The van der Waals surface area contributed by atoms with Crippen LogP contribution in [0.1, 0.15) is 63.9 Å². The summed E-state index contributed by atoms with van der Waals surface area (Å²) >= 11 is 0. The van der Waals surface area contributed by atoms with E-state index >= 15 is 0 Å². The molecule has 1 aromatic rings. The standard InChI is InChI=1S/C21H30F3N3O/c1-20(11-13-27(16-28)18-6-3-2-4-7-18)10-5-12-26(15-20)19-9-8-17(14-25-19)21(22,23)24/h8-9,14,16,18H,2-7,10-13,15H2,1H3. The van der Waals surface area contributed by atoms with E-state index in [2.05, 4.69) is 16.8 Å². The van der Waals surface area contributed by atoms with Crippen molar-refractivity contribution in [3.63, 3.8) is 0 Å². The van der Waals surface area contributed by atoms with Crippen LogP contribution in [0.2, 0.25) is 0 Å². The van der Waals surface area contributed by atoms with E-state index in [1.165, 1.54) is 25.3 Å². The fourth-order valence-corrected chi connectivity index (χ4v) is 4.59. The maximum absolute atomic E-state index is 12.8. The molecule has 0 spiro atoms. The number of nitrogens with zero attached hydrogens (tertiary/aromatic N) is 3. The molecule has 0 N–H and O–H groups in total. The largest absolute Gasteiger partial charge is 0.417 e. The predicted molar refractivity (Wildman–Crippen MR) is 103 cm³/mol. The maximum atomic E-state index is 12.8. The van der Waals surface area contributed by atoms with E-state index < -0.39 is 11.7 Å². The molecule has 1 aliphatic carbocycles. The van der Waals surface area contributed by atoms with Crippen LogP contribution >= 0.6 is 0 Å². The van der Waals surface area contributed by atoms with Crippen LogP contribution in [-0.2, 0) is 11.0 Å². The molecule has 4 nitrogen and oxygen atoms in total. The molecule has 1 unspecified atom stereocenters. The second-order valence-corrected chi connectivity index (χ2v) is 8.62. The van der Waals surface area contributed by atoms with E-state index in [0.717, 1.165) is 70.4 Å². The number of hydrogen-bond donors (Lipinski definition) is 0. The molecule has 7 heteroatoms. The summed E-state index contributed by atoms with van der Waals surface area (Å²) in [6.07, 6.45) is 6.32. The second kappa shape index (κ2) is 8.70. The Balaban J connectivity index is 1.60. The summed E-state index contributed by atoms with van der Waals surface area (Å²) in [7, 11) is 0. The lowest BCUT2D eigenvalue weighted by Gasteiger charge is -2.42. The van der Waals surface area contributed by atoms with Crippen molar-refractivity contribution in [3.8, 4) is 0 Å². The molecule has 1 atom stereocenters. The van der Waals surface area contributed by atoms with Gasteiger partial charge in [-0.3, -0.25) is 4.79 Å². The van der Waals surface area contributed by atoms with E-state index in [1.54, 1.807) is 0 Å². The molecule has 1 saturated carbocycles. The Morgan fingerprint density at radius 2 is 2.00 bits per heavy atom. The van der Waals surface area contributed by atoms with Crippen molar-refractivity contribution in [1.29, 1.82) is 0 Å². The van der Waals surface area contributed by atoms with Gasteiger partial charge in [-0.15, -0.1) is 0 Å². The Kier molecular flexibility index (Phi) is 6.50. The third-order valence-electron chi connectivity index (χ3n) is 6.33. The van der Waals surface area contributed by atoms with Gasteiger partial charge in [0.15, 0.2) is 0 Å². The molecule has 1 aromatic heterocycles. The molecule has 3 rings (SSSR count). The van der Waals surface area contributed by atoms with Gasteiger partial charge in [-0.2, -0.15) is 13.2 Å². The fraction of sp³-hybridized carbons (Fsp3) is 0.714. The lowest BCUT2D eigenvalue weighted by molar-refractivity contribution is -0.137. The van der Waals surface area contributed by atoms with Crippen molar-refractivity contribution in [2.75, 3.05) is 24.5 Å². The van der Waals surface area contributed by atoms with Gasteiger partial charge in [0, 0.05) is 31.9 Å². The van der Waals surface area contributed by atoms with Crippen LogP contribution in [0.25, 0.3) is 0 Å². The molecule has 2 aliphatic rings. The minimum absolute atomic E-state index is 0.0263. The van der Waals surface area contributed by atoms with E-state index in [0.29, 0.717) is 11.9 Å². The number of halogens is 3. The highest BCUT2D eigenvalue weighted by Gasteiger charge is 2.34. The number of pyridine rings is 1. The number of rotatable bonds is 6. The Bertz CT molecular complexity index is 643. The van der Waals surface area contributed by atoms with Gasteiger partial charge in [0.25, 0.3) is 0 Å². The summed E-state index contributed by atoms with van der Waals surface area (Å²) in [5.74, 6) is 0.596. The van der Waals surface area contributed by atoms with Crippen LogP contribution in [0.5, 0.6) is 0 Å². The van der Waals surface area contributed by atoms with Crippen molar-refractivity contribution in [2.45, 2.75) is 70.5 Å². The third kappa shape index (κ3) is 5.17. The van der Waals surface area contributed by atoms with Crippen LogP contribution in [0.4, 0.5) is 19.0 Å². The van der Waals surface area contributed by atoms with Gasteiger partial charge in [-0.05, 0) is 49.7 Å². The van der Waals surface area contributed by atoms with Crippen LogP contribution in [-0.4, -0.2) is 42.0 Å². The average molecular weight is 397 g/mol. The highest BCUT2D eigenvalue weighted by atomic mass is 19.4. The van der Waals surface area contributed by atoms with Crippen LogP contribution in [0.15, 0.2) is 18.3 Å². The van der Waals surface area contributed by atoms with Crippen molar-refractivity contribution < 1.29 is 18.0 Å². The lowest BCUT2D eigenvalue weighted by Crippen LogP contribution is -2.45. The van der Waals surface area contributed by atoms with Crippen molar-refractivity contribution in [3.05, 3.63) is 23.9 Å². The summed E-state index contributed by atoms with van der Waals surface area (Å²) in [6, 6.07) is 2.94. The van der Waals surface area contributed by atoms with Crippen LogP contribution in [0, 0.1) is 5.41 Å². The minimum atomic E-state index is -4.36. The van der Waals surface area contributed by atoms with Crippen molar-refractivity contribution in [2.24, 2.45) is 5.41 Å². The van der Waals surface area contributed by atoms with Gasteiger partial charge in [-0.25, -0.2) is 4.98 Å².